The van der Waals surface area contributed by atoms with E-state index in [2.05, 4.69) is 16.0 Å². The Bertz CT molecular complexity index is 5210. The van der Waals surface area contributed by atoms with Gasteiger partial charge < -0.3 is 53.0 Å². The monoisotopic (exact) mass is 1630 g/mol. The van der Waals surface area contributed by atoms with E-state index in [0.717, 1.165) is 149 Å². The third-order valence-corrected chi connectivity index (χ3v) is 22.0. The molecule has 2 fully saturated rings. The van der Waals surface area contributed by atoms with Crippen molar-refractivity contribution in [2.45, 2.75) is 180 Å². The quantitative estimate of drug-likeness (QED) is 0.0163. The number of aryl methyl sites for hydroxylation is 6. The van der Waals surface area contributed by atoms with Crippen molar-refractivity contribution in [1.29, 1.82) is 0 Å². The molecule has 4 aliphatic rings. The number of fused-ring (bicyclic) bond motifs is 4. The van der Waals surface area contributed by atoms with E-state index >= 15 is 0 Å². The van der Waals surface area contributed by atoms with E-state index < -0.39 is 59.0 Å². The standard InChI is InChI=1S/C43H52N6O8.C25H33N3O5.C22H29N3O4/c1-46(24-32-34(56-4)22-28(23-35(32)57-5)31-25-48(3)43(55)39-29(31)19-21-47(39)2)26-37(51)44-20-12-10-8-6-7-9-11-14-27-15-13-16-30-38(27)42(54)49(41(30)53)33-17-18-36(50)45-40(33)52;1-25(2,3)33-22(29)15-26(4)13-19-20(31-7)11-16(12-21(19)32-8)18-14-28(6)24(30)23-17(18)9-10-27(23)5;23-14-7-5-3-1-2-4-6-9-15-10-8-11-16-19(15)22(29)25(21(16)28)17-12-13-18(26)24-20(17)27/h13,15-16,19,21-23,25,33H,6-12,14,17-18,20,24,26H2,1-5H3,(H,44,51)(H,45,50,52);9-12,14H,13,15H2,1-8H3;8,10-11,17H,1-7,9,12-14,23H2,(H,24,26,27). The molecule has 119 heavy (non-hydrogen) atoms. The number of methoxy groups -OCH3 is 4. The number of ether oxygens (including phenoxy) is 5. The maximum Gasteiger partial charge on any atom is 0.320 e. The molecule has 8 heterocycles. The van der Waals surface area contributed by atoms with E-state index in [0.29, 0.717) is 82.3 Å². The Morgan fingerprint density at radius 1 is 0.487 bits per heavy atom. The van der Waals surface area contributed by atoms with Crippen LogP contribution in [0.1, 0.15) is 200 Å². The van der Waals surface area contributed by atoms with Gasteiger partial charge in [-0.15, -0.1) is 0 Å². The summed E-state index contributed by atoms with van der Waals surface area (Å²) in [6.45, 7) is 8.09. The zero-order chi connectivity index (χ0) is 86.1. The highest BCUT2D eigenvalue weighted by molar-refractivity contribution is 6.25. The smallest absolute Gasteiger partial charge is 0.320 e. The van der Waals surface area contributed by atoms with Crippen molar-refractivity contribution in [2.24, 2.45) is 33.9 Å². The number of amides is 9. The van der Waals surface area contributed by atoms with Crippen molar-refractivity contribution in [3.05, 3.63) is 163 Å². The molecule has 29 heteroatoms. The third-order valence-electron chi connectivity index (χ3n) is 22.0. The van der Waals surface area contributed by atoms with Crippen LogP contribution >= 0.6 is 0 Å². The van der Waals surface area contributed by atoms with Gasteiger partial charge in [-0.05, 0) is 164 Å². The third kappa shape index (κ3) is 21.5. The first-order chi connectivity index (χ1) is 56.9. The fourth-order valence-corrected chi connectivity index (χ4v) is 16.1. The van der Waals surface area contributed by atoms with E-state index in [1.54, 1.807) is 75.9 Å². The normalized spacial score (nSPS) is 15.3. The summed E-state index contributed by atoms with van der Waals surface area (Å²) in [7, 11) is 17.4. The lowest BCUT2D eigenvalue weighted by molar-refractivity contribution is -0.156. The van der Waals surface area contributed by atoms with Crippen LogP contribution in [0.2, 0.25) is 0 Å². The van der Waals surface area contributed by atoms with E-state index in [1.165, 1.54) is 19.3 Å². The number of rotatable bonds is 35. The average Bonchev–Trinajstić information content (AvgIpc) is 1.72. The molecule has 0 spiro atoms. The van der Waals surface area contributed by atoms with E-state index in [-0.39, 0.29) is 67.7 Å². The second-order valence-corrected chi connectivity index (χ2v) is 32.1. The maximum absolute atomic E-state index is 13.3. The van der Waals surface area contributed by atoms with Crippen molar-refractivity contribution in [1.82, 2.24) is 53.8 Å². The predicted octanol–water partition coefficient (Wildman–Crippen LogP) is 10.1. The maximum atomic E-state index is 13.3. The number of benzene rings is 4. The Labute approximate surface area is 693 Å². The highest BCUT2D eigenvalue weighted by atomic mass is 16.6. The highest BCUT2D eigenvalue weighted by Crippen LogP contribution is 2.41. The number of carbonyl (C=O) groups is 10. The Morgan fingerprint density at radius 3 is 1.24 bits per heavy atom. The van der Waals surface area contributed by atoms with Gasteiger partial charge in [0.25, 0.3) is 34.7 Å². The lowest BCUT2D eigenvalue weighted by Gasteiger charge is -2.27. The molecule has 0 saturated carbocycles. The van der Waals surface area contributed by atoms with Crippen molar-refractivity contribution in [3.63, 3.8) is 0 Å². The molecule has 8 aromatic rings. The van der Waals surface area contributed by atoms with Crippen LogP contribution in [0, 0.1) is 0 Å². The molecular formula is C90H114N12O17. The lowest BCUT2D eigenvalue weighted by Crippen LogP contribution is -2.54. The van der Waals surface area contributed by atoms with Gasteiger partial charge >= 0.3 is 5.97 Å². The average molecular weight is 1640 g/mol. The van der Waals surface area contributed by atoms with Crippen LogP contribution in [0.15, 0.2) is 107 Å². The lowest BCUT2D eigenvalue weighted by atomic mass is 9.97. The zero-order valence-electron chi connectivity index (χ0n) is 70.9. The molecule has 4 aliphatic heterocycles. The summed E-state index contributed by atoms with van der Waals surface area (Å²) in [6, 6.07) is 20.3. The summed E-state index contributed by atoms with van der Waals surface area (Å²) in [5.74, 6) is -1.57. The Hall–Kier alpha value is -11.6. The summed E-state index contributed by atoms with van der Waals surface area (Å²) < 4.78 is 35.3. The molecule has 2 saturated heterocycles. The van der Waals surface area contributed by atoms with E-state index in [9.17, 15) is 57.5 Å². The molecule has 2 unspecified atom stereocenters. The molecule has 636 valence electrons. The fourth-order valence-electron chi connectivity index (χ4n) is 16.1. The van der Waals surface area contributed by atoms with Gasteiger partial charge in [0.1, 0.15) is 51.7 Å². The summed E-state index contributed by atoms with van der Waals surface area (Å²) in [5.41, 5.74) is 14.4. The number of hydrogen-bond donors (Lipinski definition) is 4. The number of carbonyl (C=O) groups excluding carboxylic acids is 10. The largest absolute Gasteiger partial charge is 0.496 e. The minimum Gasteiger partial charge on any atom is -0.496 e. The molecule has 29 nitrogen and oxygen atoms in total. The summed E-state index contributed by atoms with van der Waals surface area (Å²) in [6.07, 6.45) is 24.0. The van der Waals surface area contributed by atoms with Gasteiger partial charge in [-0.1, -0.05) is 88.5 Å². The molecule has 9 amide bonds. The van der Waals surface area contributed by atoms with Crippen molar-refractivity contribution in [3.8, 4) is 45.3 Å². The number of unbranched alkanes of at least 4 members (excludes halogenated alkanes) is 12. The van der Waals surface area contributed by atoms with Crippen LogP contribution in [0.3, 0.4) is 0 Å². The first kappa shape index (κ1) is 89.8. The molecular weight excluding hydrogens is 1520 g/mol. The number of esters is 1. The molecule has 4 aromatic carbocycles. The Balaban J connectivity index is 0.000000204. The molecule has 4 aromatic heterocycles. The molecule has 0 bridgehead atoms. The number of nitrogens with zero attached hydrogens (tertiary/aromatic N) is 8. The second kappa shape index (κ2) is 40.7. The predicted molar refractivity (Wildman–Crippen MR) is 452 cm³/mol. The van der Waals surface area contributed by atoms with Gasteiger partial charge in [0.2, 0.25) is 29.5 Å². The van der Waals surface area contributed by atoms with E-state index in [4.69, 9.17) is 29.4 Å². The van der Waals surface area contributed by atoms with Crippen molar-refractivity contribution in [2.75, 3.05) is 68.7 Å². The zero-order valence-corrected chi connectivity index (χ0v) is 70.9. The Morgan fingerprint density at radius 2 is 0.866 bits per heavy atom. The minimum absolute atomic E-state index is 0.0550. The highest BCUT2D eigenvalue weighted by Gasteiger charge is 2.47. The van der Waals surface area contributed by atoms with Crippen LogP contribution in [0.4, 0.5) is 0 Å². The second-order valence-electron chi connectivity index (χ2n) is 32.1. The number of hydrogen-bond acceptors (Lipinski definition) is 20. The molecule has 5 N–H and O–H groups in total. The summed E-state index contributed by atoms with van der Waals surface area (Å²) in [5, 5.41) is 9.20. The number of pyridine rings is 2. The Kier molecular flexibility index (Phi) is 30.7. The van der Waals surface area contributed by atoms with Crippen LogP contribution < -0.4 is 51.8 Å². The summed E-state index contributed by atoms with van der Waals surface area (Å²) >= 11 is 0. The number of likely N-dealkylation sites (N-methyl/N-ethyl adjacent to an activating group) is 2. The van der Waals surface area contributed by atoms with Crippen LogP contribution in [-0.4, -0.2) is 183 Å². The minimum atomic E-state index is -0.968. The topological polar surface area (TPSA) is 346 Å². The van der Waals surface area contributed by atoms with Gasteiger partial charge in [-0.3, -0.25) is 87.8 Å². The van der Waals surface area contributed by atoms with Crippen molar-refractivity contribution >= 4 is 80.9 Å². The van der Waals surface area contributed by atoms with Gasteiger partial charge in [-0.2, -0.15) is 0 Å². The van der Waals surface area contributed by atoms with Crippen LogP contribution in [0.25, 0.3) is 44.1 Å². The number of nitrogens with one attached hydrogen (secondary N) is 3. The van der Waals surface area contributed by atoms with Gasteiger partial charge in [-0.25, -0.2) is 0 Å². The number of nitrogens with two attached hydrogens (primary N) is 1. The van der Waals surface area contributed by atoms with Gasteiger partial charge in [0, 0.05) is 107 Å². The first-order valence-electron chi connectivity index (χ1n) is 40.9. The number of piperidine rings is 2. The van der Waals surface area contributed by atoms with Gasteiger partial charge in [0.15, 0.2) is 0 Å². The number of aromatic nitrogens is 4. The molecule has 12 rings (SSSR count). The van der Waals surface area contributed by atoms with Gasteiger partial charge in [0.05, 0.1) is 74.9 Å². The molecule has 0 aliphatic carbocycles. The number of imide groups is 4. The SMILES string of the molecule is COc1cc(-c2cn(C)c(=O)c3c2ccn3C)cc(OC)c1CN(C)CC(=O)NCCCCCCCCCc1cccc2c1C(=O)N(C1CCC(=O)NC1=O)C2=O.COc1cc(-c2cn(C)c(=O)c3c2ccn3C)cc(OC)c1CN(C)CC(=O)OC(C)(C)C.NCCCCCCCCCc1cccc2c1C(=O)N(C1CCC(=O)NC1=O)C2=O. The molecule has 2 atom stereocenters. The van der Waals surface area contributed by atoms with Crippen molar-refractivity contribution < 1.29 is 71.6 Å². The first-order valence-corrected chi connectivity index (χ1v) is 40.9. The van der Waals surface area contributed by atoms with E-state index in [1.807, 2.05) is 141 Å². The molecule has 0 radical (unpaired) electrons. The summed E-state index contributed by atoms with van der Waals surface area (Å²) in [4.78, 5) is 156. The van der Waals surface area contributed by atoms with Crippen LogP contribution in [0.5, 0.6) is 23.0 Å². The van der Waals surface area contributed by atoms with Crippen LogP contribution in [-0.2, 0) is 87.6 Å². The fraction of sp³-hybridized carbons (Fsp3) is 0.467.